The van der Waals surface area contributed by atoms with Crippen LogP contribution in [-0.2, 0) is 4.79 Å². The fraction of sp³-hybridized carbons (Fsp3) is 0.478. The minimum absolute atomic E-state index is 0.288. The number of fused-ring (bicyclic) bond motifs is 1. The van der Waals surface area contributed by atoms with Gasteiger partial charge in [0.05, 0.1) is 5.56 Å². The van der Waals surface area contributed by atoms with Crippen LogP contribution in [-0.4, -0.2) is 56.8 Å². The molecule has 5 rings (SSSR count). The highest BCUT2D eigenvalue weighted by Gasteiger charge is 2.25. The maximum Gasteiger partial charge on any atom is 0.222 e. The number of carbonyl (C=O) groups is 1. The highest BCUT2D eigenvalue weighted by Crippen LogP contribution is 2.27. The van der Waals surface area contributed by atoms with Crippen molar-refractivity contribution in [3.63, 3.8) is 0 Å². The summed E-state index contributed by atoms with van der Waals surface area (Å²) in [6.45, 7) is 2.86. The van der Waals surface area contributed by atoms with Gasteiger partial charge < -0.3 is 9.80 Å². The lowest BCUT2D eigenvalue weighted by Crippen LogP contribution is -2.49. The molecular weight excluding hydrogens is 395 g/mol. The fourth-order valence-electron chi connectivity index (χ4n) is 4.71. The van der Waals surface area contributed by atoms with Crippen LogP contribution in [0.3, 0.4) is 0 Å². The van der Waals surface area contributed by atoms with Crippen LogP contribution in [0.5, 0.6) is 0 Å². The molecule has 1 aromatic carbocycles. The van der Waals surface area contributed by atoms with Gasteiger partial charge in [0.25, 0.3) is 0 Å². The lowest BCUT2D eigenvalue weighted by atomic mass is 9.86. The molecule has 0 bridgehead atoms. The molecule has 1 saturated carbocycles. The third-order valence-electron chi connectivity index (χ3n) is 6.51. The lowest BCUT2D eigenvalue weighted by Gasteiger charge is -2.36. The maximum absolute atomic E-state index is 14.3. The number of hydrogen-bond donors (Lipinski definition) is 0. The summed E-state index contributed by atoms with van der Waals surface area (Å²) in [4.78, 5) is 16.9. The van der Waals surface area contributed by atoms with E-state index in [1.54, 1.807) is 22.7 Å². The van der Waals surface area contributed by atoms with Crippen LogP contribution in [0, 0.1) is 11.7 Å². The standard InChI is InChI=1S/C23H27FN6O/c24-19-9-5-4-8-18(19)23-26-25-20-10-11-21(27-30(20)23)28-12-14-29(15-13-28)22(31)16-17-6-2-1-3-7-17/h4-5,8-11,17H,1-3,6-7,12-16H2. The average Bonchev–Trinajstić information content (AvgIpc) is 3.23. The van der Waals surface area contributed by atoms with Crippen molar-refractivity contribution in [3.8, 4) is 11.4 Å². The zero-order valence-electron chi connectivity index (χ0n) is 17.6. The maximum atomic E-state index is 14.3. The zero-order chi connectivity index (χ0) is 21.2. The Labute approximate surface area is 180 Å². The molecule has 1 amide bonds. The second-order valence-corrected chi connectivity index (χ2v) is 8.54. The monoisotopic (exact) mass is 422 g/mol. The second kappa shape index (κ2) is 8.61. The summed E-state index contributed by atoms with van der Waals surface area (Å²) in [6, 6.07) is 10.3. The van der Waals surface area contributed by atoms with E-state index in [9.17, 15) is 9.18 Å². The van der Waals surface area contributed by atoms with E-state index in [4.69, 9.17) is 0 Å². The molecule has 1 aliphatic heterocycles. The van der Waals surface area contributed by atoms with Crippen molar-refractivity contribution in [3.05, 3.63) is 42.2 Å². The van der Waals surface area contributed by atoms with Crippen LogP contribution in [0.4, 0.5) is 10.2 Å². The summed E-state index contributed by atoms with van der Waals surface area (Å²) in [5, 5.41) is 13.0. The molecule has 162 valence electrons. The number of amides is 1. The van der Waals surface area contributed by atoms with Crippen molar-refractivity contribution in [1.29, 1.82) is 0 Å². The topological polar surface area (TPSA) is 66.6 Å². The van der Waals surface area contributed by atoms with E-state index in [0.29, 0.717) is 42.5 Å². The Balaban J connectivity index is 1.28. The minimum Gasteiger partial charge on any atom is -0.352 e. The Morgan fingerprint density at radius 2 is 1.74 bits per heavy atom. The summed E-state index contributed by atoms with van der Waals surface area (Å²) in [5.74, 6) is 1.67. The first-order valence-corrected chi connectivity index (χ1v) is 11.2. The number of halogens is 1. The van der Waals surface area contributed by atoms with E-state index >= 15 is 0 Å². The number of aromatic nitrogens is 4. The molecule has 7 nitrogen and oxygen atoms in total. The fourth-order valence-corrected chi connectivity index (χ4v) is 4.71. The number of piperazine rings is 1. The molecule has 0 N–H and O–H groups in total. The molecule has 2 aromatic heterocycles. The summed E-state index contributed by atoms with van der Waals surface area (Å²) >= 11 is 0. The Bertz CT molecular complexity index is 1070. The number of benzene rings is 1. The molecule has 2 aliphatic rings. The third-order valence-corrected chi connectivity index (χ3v) is 6.51. The number of nitrogens with zero attached hydrogens (tertiary/aromatic N) is 6. The van der Waals surface area contributed by atoms with Gasteiger partial charge >= 0.3 is 0 Å². The van der Waals surface area contributed by atoms with Gasteiger partial charge in [0.2, 0.25) is 5.91 Å². The van der Waals surface area contributed by atoms with Crippen molar-refractivity contribution in [2.24, 2.45) is 5.92 Å². The van der Waals surface area contributed by atoms with Crippen molar-refractivity contribution < 1.29 is 9.18 Å². The van der Waals surface area contributed by atoms with Gasteiger partial charge in [0.1, 0.15) is 11.6 Å². The number of carbonyl (C=O) groups excluding carboxylic acids is 1. The molecule has 8 heteroatoms. The molecule has 0 radical (unpaired) electrons. The lowest BCUT2D eigenvalue weighted by molar-refractivity contribution is -0.132. The predicted octanol–water partition coefficient (Wildman–Crippen LogP) is 3.55. The molecule has 3 heterocycles. The van der Waals surface area contributed by atoms with Gasteiger partial charge in [-0.05, 0) is 43.0 Å². The highest BCUT2D eigenvalue weighted by atomic mass is 19.1. The normalized spacial score (nSPS) is 18.0. The molecule has 0 spiro atoms. The SMILES string of the molecule is O=C(CC1CCCCC1)N1CCN(c2ccc3nnc(-c4ccccc4F)n3n2)CC1. The van der Waals surface area contributed by atoms with Crippen molar-refractivity contribution >= 4 is 17.4 Å². The number of hydrogen-bond acceptors (Lipinski definition) is 5. The zero-order valence-corrected chi connectivity index (χ0v) is 17.6. The van der Waals surface area contributed by atoms with Gasteiger partial charge in [0, 0.05) is 32.6 Å². The Hall–Kier alpha value is -3.03. The molecule has 1 aliphatic carbocycles. The van der Waals surface area contributed by atoms with Crippen LogP contribution >= 0.6 is 0 Å². The van der Waals surface area contributed by atoms with Crippen LogP contribution < -0.4 is 4.90 Å². The quantitative estimate of drug-likeness (QED) is 0.643. The van der Waals surface area contributed by atoms with E-state index in [2.05, 4.69) is 20.2 Å². The molecule has 2 fully saturated rings. The molecule has 31 heavy (non-hydrogen) atoms. The van der Waals surface area contributed by atoms with E-state index in [-0.39, 0.29) is 11.7 Å². The first kappa shape index (κ1) is 19.9. The predicted molar refractivity (Wildman–Crippen MR) is 116 cm³/mol. The van der Waals surface area contributed by atoms with E-state index < -0.39 is 0 Å². The molecule has 0 unspecified atom stereocenters. The summed E-state index contributed by atoms with van der Waals surface area (Å²) in [7, 11) is 0. The second-order valence-electron chi connectivity index (χ2n) is 8.54. The summed E-state index contributed by atoms with van der Waals surface area (Å²) < 4.78 is 15.9. The Kier molecular flexibility index (Phi) is 5.53. The van der Waals surface area contributed by atoms with Gasteiger partial charge in [0.15, 0.2) is 11.5 Å². The summed E-state index contributed by atoms with van der Waals surface area (Å²) in [5.41, 5.74) is 0.945. The van der Waals surface area contributed by atoms with E-state index in [0.717, 1.165) is 18.9 Å². The first-order chi connectivity index (χ1) is 15.2. The van der Waals surface area contributed by atoms with Gasteiger partial charge in [-0.2, -0.15) is 4.52 Å². The van der Waals surface area contributed by atoms with Crippen LogP contribution in [0.1, 0.15) is 38.5 Å². The van der Waals surface area contributed by atoms with Crippen LogP contribution in [0.2, 0.25) is 0 Å². The smallest absolute Gasteiger partial charge is 0.222 e. The van der Waals surface area contributed by atoms with Crippen LogP contribution in [0.15, 0.2) is 36.4 Å². The van der Waals surface area contributed by atoms with Gasteiger partial charge in [-0.25, -0.2) is 4.39 Å². The number of anilines is 1. The largest absolute Gasteiger partial charge is 0.352 e. The molecule has 0 atom stereocenters. The highest BCUT2D eigenvalue weighted by molar-refractivity contribution is 5.76. The molecule has 1 saturated heterocycles. The Morgan fingerprint density at radius 1 is 0.968 bits per heavy atom. The van der Waals surface area contributed by atoms with Gasteiger partial charge in [-0.15, -0.1) is 15.3 Å². The van der Waals surface area contributed by atoms with Gasteiger partial charge in [-0.3, -0.25) is 4.79 Å². The minimum atomic E-state index is -0.353. The average molecular weight is 423 g/mol. The third kappa shape index (κ3) is 4.11. The van der Waals surface area contributed by atoms with E-state index in [1.807, 2.05) is 17.0 Å². The van der Waals surface area contributed by atoms with Crippen LogP contribution in [0.25, 0.3) is 17.0 Å². The first-order valence-electron chi connectivity index (χ1n) is 11.2. The summed E-state index contributed by atoms with van der Waals surface area (Å²) in [6.07, 6.45) is 6.91. The van der Waals surface area contributed by atoms with Gasteiger partial charge in [-0.1, -0.05) is 31.4 Å². The number of rotatable bonds is 4. The molecule has 3 aromatic rings. The van der Waals surface area contributed by atoms with E-state index in [1.165, 1.54) is 38.2 Å². The molecular formula is C23H27FN6O. The van der Waals surface area contributed by atoms with Crippen molar-refractivity contribution in [2.45, 2.75) is 38.5 Å². The van der Waals surface area contributed by atoms with Crippen molar-refractivity contribution in [2.75, 3.05) is 31.1 Å². The van der Waals surface area contributed by atoms with Crippen molar-refractivity contribution in [1.82, 2.24) is 24.7 Å². The Morgan fingerprint density at radius 3 is 2.52 bits per heavy atom.